The third-order valence-electron chi connectivity index (χ3n) is 4.47. The summed E-state index contributed by atoms with van der Waals surface area (Å²) in [6, 6.07) is 20.2. The number of amides is 1. The summed E-state index contributed by atoms with van der Waals surface area (Å²) in [5.74, 6) is 0.0340. The Morgan fingerprint density at radius 2 is 1.68 bits per heavy atom. The number of aromatic nitrogens is 1. The summed E-state index contributed by atoms with van der Waals surface area (Å²) < 4.78 is 0. The fraction of sp³-hybridized carbons (Fsp3) is 0.0909. The van der Waals surface area contributed by atoms with Crippen molar-refractivity contribution < 1.29 is 4.79 Å². The van der Waals surface area contributed by atoms with Crippen molar-refractivity contribution in [3.63, 3.8) is 0 Å². The molecule has 0 fully saturated rings. The number of rotatable bonds is 1. The largest absolute Gasteiger partial charge is 0.308 e. The fourth-order valence-electron chi connectivity index (χ4n) is 3.15. The van der Waals surface area contributed by atoms with Gasteiger partial charge in [-0.05, 0) is 28.8 Å². The van der Waals surface area contributed by atoms with Gasteiger partial charge in [-0.1, -0.05) is 60.7 Å². The number of para-hydroxylation sites is 1. The van der Waals surface area contributed by atoms with Crippen LogP contribution < -0.4 is 4.90 Å². The van der Waals surface area contributed by atoms with Crippen molar-refractivity contribution in [3.8, 4) is 11.3 Å². The molecule has 0 saturated heterocycles. The highest BCUT2D eigenvalue weighted by Gasteiger charge is 2.18. The summed E-state index contributed by atoms with van der Waals surface area (Å²) in [4.78, 5) is 18.7. The van der Waals surface area contributed by atoms with Crippen molar-refractivity contribution >= 4 is 23.7 Å². The zero-order valence-electron chi connectivity index (χ0n) is 14.0. The summed E-state index contributed by atoms with van der Waals surface area (Å²) in [6.07, 6.45) is 6.01. The molecule has 0 atom stereocenters. The third kappa shape index (κ3) is 2.96. The van der Waals surface area contributed by atoms with Crippen LogP contribution in [-0.2, 0) is 11.3 Å². The Kier molecular flexibility index (Phi) is 3.90. The summed E-state index contributed by atoms with van der Waals surface area (Å²) in [7, 11) is 0. The third-order valence-corrected chi connectivity index (χ3v) is 4.47. The first kappa shape index (κ1) is 15.3. The van der Waals surface area contributed by atoms with E-state index in [2.05, 4.69) is 17.1 Å². The first-order chi connectivity index (χ1) is 12.2. The molecule has 0 bridgehead atoms. The second kappa shape index (κ2) is 6.36. The van der Waals surface area contributed by atoms with Gasteiger partial charge in [0.1, 0.15) is 0 Å². The van der Waals surface area contributed by atoms with Crippen LogP contribution in [0, 0.1) is 0 Å². The van der Waals surface area contributed by atoms with Gasteiger partial charge in [0, 0.05) is 18.7 Å². The van der Waals surface area contributed by atoms with Crippen LogP contribution in [0.2, 0.25) is 0 Å². The van der Waals surface area contributed by atoms with Crippen molar-refractivity contribution in [2.45, 2.75) is 13.5 Å². The van der Waals surface area contributed by atoms with Crippen LogP contribution in [0.15, 0.2) is 66.9 Å². The Morgan fingerprint density at radius 3 is 2.48 bits per heavy atom. The van der Waals surface area contributed by atoms with Gasteiger partial charge in [0.25, 0.3) is 0 Å². The van der Waals surface area contributed by atoms with Gasteiger partial charge >= 0.3 is 0 Å². The van der Waals surface area contributed by atoms with Gasteiger partial charge in [-0.3, -0.25) is 9.78 Å². The van der Waals surface area contributed by atoms with Gasteiger partial charge < -0.3 is 4.90 Å². The minimum Gasteiger partial charge on any atom is -0.308 e. The molecule has 0 unspecified atom stereocenters. The number of nitrogens with zero attached hydrogens (tertiary/aromatic N) is 2. The van der Waals surface area contributed by atoms with Crippen molar-refractivity contribution in [3.05, 3.63) is 83.6 Å². The Balaban J connectivity index is 1.84. The molecule has 3 nitrogen and oxygen atoms in total. The lowest BCUT2D eigenvalue weighted by Crippen LogP contribution is -2.29. The molecule has 1 aliphatic heterocycles. The Hall–Kier alpha value is -3.20. The number of hydrogen-bond acceptors (Lipinski definition) is 2. The lowest BCUT2D eigenvalue weighted by Gasteiger charge is -2.26. The van der Waals surface area contributed by atoms with Gasteiger partial charge in [0.15, 0.2) is 0 Å². The van der Waals surface area contributed by atoms with E-state index in [0.717, 1.165) is 33.6 Å². The highest BCUT2D eigenvalue weighted by Crippen LogP contribution is 2.30. The molecule has 0 aliphatic carbocycles. The fourth-order valence-corrected chi connectivity index (χ4v) is 3.15. The van der Waals surface area contributed by atoms with Crippen LogP contribution in [0.25, 0.3) is 23.4 Å². The number of anilines is 1. The van der Waals surface area contributed by atoms with Crippen LogP contribution in [0.5, 0.6) is 0 Å². The molecular formula is C22H18N2O. The maximum absolute atomic E-state index is 12.3. The van der Waals surface area contributed by atoms with Crippen LogP contribution in [0.3, 0.4) is 0 Å². The molecule has 1 aliphatic rings. The predicted octanol–water partition coefficient (Wildman–Crippen LogP) is 4.79. The molecule has 0 saturated carbocycles. The number of carbonyl (C=O) groups is 1. The van der Waals surface area contributed by atoms with Crippen molar-refractivity contribution in [2.24, 2.45) is 0 Å². The van der Waals surface area contributed by atoms with Crippen LogP contribution >= 0.6 is 0 Å². The molecule has 25 heavy (non-hydrogen) atoms. The van der Waals surface area contributed by atoms with E-state index in [9.17, 15) is 4.79 Å². The molecular weight excluding hydrogens is 308 g/mol. The summed E-state index contributed by atoms with van der Waals surface area (Å²) >= 11 is 0. The van der Waals surface area contributed by atoms with E-state index in [1.165, 1.54) is 0 Å². The molecule has 3 heteroatoms. The van der Waals surface area contributed by atoms with E-state index in [0.29, 0.717) is 6.54 Å². The summed E-state index contributed by atoms with van der Waals surface area (Å²) in [5, 5.41) is 0. The molecule has 1 aromatic heterocycles. The molecule has 122 valence electrons. The predicted molar refractivity (Wildman–Crippen MR) is 102 cm³/mol. The molecule has 4 rings (SSSR count). The zero-order chi connectivity index (χ0) is 17.2. The number of carbonyl (C=O) groups excluding carboxylic acids is 1. The van der Waals surface area contributed by atoms with Gasteiger partial charge in [0.05, 0.1) is 17.9 Å². The van der Waals surface area contributed by atoms with Crippen LogP contribution in [0.1, 0.15) is 23.6 Å². The quantitative estimate of drug-likeness (QED) is 0.644. The topological polar surface area (TPSA) is 33.2 Å². The Labute approximate surface area is 147 Å². The van der Waals surface area contributed by atoms with Gasteiger partial charge in [-0.2, -0.15) is 0 Å². The molecule has 3 aromatic rings. The SMILES string of the molecule is CC(=O)N1Cc2cc(-c3ccccc3)ncc2/C=C\c2ccccc21. The van der Waals surface area contributed by atoms with Gasteiger partial charge in [0.2, 0.25) is 5.91 Å². The number of fused-ring (bicyclic) bond motifs is 2. The van der Waals surface area contributed by atoms with E-state index < -0.39 is 0 Å². The van der Waals surface area contributed by atoms with Crippen molar-refractivity contribution in [1.29, 1.82) is 0 Å². The minimum atomic E-state index is 0.0340. The second-order valence-electron chi connectivity index (χ2n) is 6.13. The Bertz CT molecular complexity index is 961. The van der Waals surface area contributed by atoms with E-state index in [4.69, 9.17) is 0 Å². The number of hydrogen-bond donors (Lipinski definition) is 0. The number of benzene rings is 2. The van der Waals surface area contributed by atoms with E-state index in [-0.39, 0.29) is 5.91 Å². The average molecular weight is 326 g/mol. The molecule has 2 aromatic carbocycles. The lowest BCUT2D eigenvalue weighted by atomic mass is 10.0. The molecule has 0 N–H and O–H groups in total. The average Bonchev–Trinajstić information content (AvgIpc) is 2.64. The number of pyridine rings is 1. The van der Waals surface area contributed by atoms with Gasteiger partial charge in [-0.15, -0.1) is 0 Å². The first-order valence-corrected chi connectivity index (χ1v) is 8.32. The highest BCUT2D eigenvalue weighted by atomic mass is 16.2. The van der Waals surface area contributed by atoms with Crippen molar-refractivity contribution in [1.82, 2.24) is 4.98 Å². The summed E-state index contributed by atoms with van der Waals surface area (Å²) in [5.41, 5.74) is 6.11. The molecule has 0 radical (unpaired) electrons. The Morgan fingerprint density at radius 1 is 0.960 bits per heavy atom. The molecule has 1 amide bonds. The standard InChI is InChI=1S/C22H18N2O/c1-16(25)24-15-20-13-21(17-7-3-2-4-8-17)23-14-19(20)12-11-18-9-5-6-10-22(18)24/h2-14H,15H2,1H3/b12-11-. The van der Waals surface area contributed by atoms with Crippen molar-refractivity contribution in [2.75, 3.05) is 4.90 Å². The normalized spacial score (nSPS) is 14.0. The summed E-state index contributed by atoms with van der Waals surface area (Å²) in [6.45, 7) is 2.15. The van der Waals surface area contributed by atoms with E-state index in [1.807, 2.05) is 71.8 Å². The second-order valence-corrected chi connectivity index (χ2v) is 6.13. The monoisotopic (exact) mass is 326 g/mol. The highest BCUT2D eigenvalue weighted by molar-refractivity contribution is 5.95. The lowest BCUT2D eigenvalue weighted by molar-refractivity contribution is -0.116. The smallest absolute Gasteiger partial charge is 0.224 e. The molecule has 0 spiro atoms. The zero-order valence-corrected chi connectivity index (χ0v) is 14.0. The maximum Gasteiger partial charge on any atom is 0.224 e. The molecule has 2 heterocycles. The maximum atomic E-state index is 12.3. The van der Waals surface area contributed by atoms with Gasteiger partial charge in [-0.25, -0.2) is 0 Å². The first-order valence-electron chi connectivity index (χ1n) is 8.32. The van der Waals surface area contributed by atoms with Crippen LogP contribution in [0.4, 0.5) is 5.69 Å². The minimum absolute atomic E-state index is 0.0340. The van der Waals surface area contributed by atoms with E-state index in [1.54, 1.807) is 6.92 Å². The van der Waals surface area contributed by atoms with E-state index >= 15 is 0 Å². The van der Waals surface area contributed by atoms with Crippen LogP contribution in [-0.4, -0.2) is 10.9 Å².